The number of hydrogen-bond donors (Lipinski definition) is 1. The van der Waals surface area contributed by atoms with E-state index in [9.17, 15) is 9.59 Å². The predicted molar refractivity (Wildman–Crippen MR) is 101 cm³/mol. The van der Waals surface area contributed by atoms with Crippen LogP contribution >= 0.6 is 23.2 Å². The van der Waals surface area contributed by atoms with Crippen LogP contribution in [-0.4, -0.2) is 26.2 Å². The molecule has 0 bridgehead atoms. The zero-order valence-electron chi connectivity index (χ0n) is 14.9. The van der Waals surface area contributed by atoms with Crippen molar-refractivity contribution in [2.45, 2.75) is 13.8 Å². The molecule has 0 fully saturated rings. The van der Waals surface area contributed by atoms with Crippen LogP contribution in [0.3, 0.4) is 0 Å². The number of methoxy groups -OCH3 is 2. The molecular formula is C19H19Cl2NO4. The summed E-state index contributed by atoms with van der Waals surface area (Å²) < 4.78 is 9.78. The van der Waals surface area contributed by atoms with Crippen LogP contribution in [-0.2, 0) is 19.1 Å². The van der Waals surface area contributed by atoms with E-state index in [1.54, 1.807) is 44.2 Å². The Morgan fingerprint density at radius 2 is 1.46 bits per heavy atom. The van der Waals surface area contributed by atoms with Gasteiger partial charge in [-0.3, -0.25) is 0 Å². The maximum absolute atomic E-state index is 12.3. The Labute approximate surface area is 162 Å². The van der Waals surface area contributed by atoms with Gasteiger partial charge < -0.3 is 14.8 Å². The number of hydrogen-bond acceptors (Lipinski definition) is 5. The molecule has 1 heterocycles. The summed E-state index contributed by atoms with van der Waals surface area (Å²) in [6.45, 7) is 3.47. The Bertz CT molecular complexity index is 784. The van der Waals surface area contributed by atoms with Crippen LogP contribution in [0.4, 0.5) is 0 Å². The van der Waals surface area contributed by atoms with Gasteiger partial charge in [-0.05, 0) is 31.5 Å². The minimum Gasteiger partial charge on any atom is -0.466 e. The average molecular weight is 396 g/mol. The second-order valence-electron chi connectivity index (χ2n) is 5.68. The van der Waals surface area contributed by atoms with Gasteiger partial charge in [0.1, 0.15) is 0 Å². The van der Waals surface area contributed by atoms with Crippen LogP contribution < -0.4 is 5.32 Å². The van der Waals surface area contributed by atoms with Gasteiger partial charge >= 0.3 is 11.9 Å². The van der Waals surface area contributed by atoms with E-state index in [1.165, 1.54) is 14.2 Å². The van der Waals surface area contributed by atoms with E-state index in [0.717, 1.165) is 0 Å². The second kappa shape index (κ2) is 8.43. The largest absolute Gasteiger partial charge is 0.466 e. The minimum absolute atomic E-state index is 0.297. The molecule has 1 aromatic rings. The van der Waals surface area contributed by atoms with E-state index in [1.807, 2.05) is 0 Å². The van der Waals surface area contributed by atoms with Crippen molar-refractivity contribution in [2.75, 3.05) is 14.2 Å². The first kappa shape index (κ1) is 20.1. The molecule has 0 spiro atoms. The third-order valence-corrected chi connectivity index (χ3v) is 4.64. The lowest BCUT2D eigenvalue weighted by molar-refractivity contribution is -0.137. The Morgan fingerprint density at radius 3 is 1.88 bits per heavy atom. The van der Waals surface area contributed by atoms with Crippen molar-refractivity contribution in [2.24, 2.45) is 5.92 Å². The zero-order valence-corrected chi connectivity index (χ0v) is 16.4. The second-order valence-corrected chi connectivity index (χ2v) is 6.53. The molecule has 1 aromatic carbocycles. The van der Waals surface area contributed by atoms with Gasteiger partial charge in [-0.1, -0.05) is 41.4 Å². The fraction of sp³-hybridized carbons (Fsp3) is 0.263. The van der Waals surface area contributed by atoms with Crippen LogP contribution in [0, 0.1) is 5.92 Å². The number of esters is 2. The Morgan fingerprint density at radius 1 is 1.00 bits per heavy atom. The first-order chi connectivity index (χ1) is 12.3. The normalized spacial score (nSPS) is 15.7. The number of carbonyl (C=O) groups excluding carboxylic acids is 2. The lowest BCUT2D eigenvalue weighted by Gasteiger charge is -2.28. The van der Waals surface area contributed by atoms with E-state index >= 15 is 0 Å². The quantitative estimate of drug-likeness (QED) is 0.779. The molecule has 0 radical (unpaired) electrons. The minimum atomic E-state index is -0.709. The van der Waals surface area contributed by atoms with E-state index in [2.05, 4.69) is 5.32 Å². The number of ether oxygens (including phenoxy) is 2. The molecule has 5 nitrogen and oxygen atoms in total. The highest BCUT2D eigenvalue weighted by molar-refractivity contribution is 6.48. The van der Waals surface area contributed by atoms with E-state index < -0.39 is 17.9 Å². The van der Waals surface area contributed by atoms with Gasteiger partial charge in [0.05, 0.1) is 25.4 Å². The summed E-state index contributed by atoms with van der Waals surface area (Å²) in [6, 6.07) is 6.93. The van der Waals surface area contributed by atoms with Crippen LogP contribution in [0.5, 0.6) is 0 Å². The van der Waals surface area contributed by atoms with Crippen LogP contribution in [0.25, 0.3) is 5.03 Å². The van der Waals surface area contributed by atoms with Gasteiger partial charge in [-0.2, -0.15) is 0 Å². The molecule has 0 atom stereocenters. The first-order valence-electron chi connectivity index (χ1n) is 7.78. The van der Waals surface area contributed by atoms with E-state index in [4.69, 9.17) is 32.7 Å². The van der Waals surface area contributed by atoms with E-state index in [0.29, 0.717) is 38.2 Å². The molecule has 0 amide bonds. The van der Waals surface area contributed by atoms with Gasteiger partial charge in [0, 0.05) is 27.4 Å². The molecule has 7 heteroatoms. The van der Waals surface area contributed by atoms with Gasteiger partial charge in [-0.25, -0.2) is 9.59 Å². The lowest BCUT2D eigenvalue weighted by Crippen LogP contribution is -2.32. The highest BCUT2D eigenvalue weighted by atomic mass is 35.5. The lowest BCUT2D eigenvalue weighted by atomic mass is 9.84. The van der Waals surface area contributed by atoms with Crippen molar-refractivity contribution in [3.8, 4) is 0 Å². The van der Waals surface area contributed by atoms with Crippen molar-refractivity contribution >= 4 is 40.2 Å². The number of dihydropyridines is 1. The third-order valence-electron chi connectivity index (χ3n) is 4.05. The SMILES string of the molecule is COC(=O)C1=C(C)NC(C)=C(C(=O)OC)C1/C=C(\Cl)c1ccc(Cl)cc1. The summed E-state index contributed by atoms with van der Waals surface area (Å²) in [7, 11) is 2.57. The summed E-state index contributed by atoms with van der Waals surface area (Å²) in [5.74, 6) is -1.81. The molecule has 1 N–H and O–H groups in total. The molecule has 1 aliphatic heterocycles. The maximum Gasteiger partial charge on any atom is 0.336 e. The van der Waals surface area contributed by atoms with Gasteiger partial charge in [0.15, 0.2) is 0 Å². The maximum atomic E-state index is 12.3. The number of allylic oxidation sites excluding steroid dienone is 3. The van der Waals surface area contributed by atoms with Crippen LogP contribution in [0.2, 0.25) is 5.02 Å². The van der Waals surface area contributed by atoms with Crippen molar-refractivity contribution in [3.63, 3.8) is 0 Å². The summed E-state index contributed by atoms with van der Waals surface area (Å²) in [5.41, 5.74) is 2.47. The highest BCUT2D eigenvalue weighted by Crippen LogP contribution is 2.35. The third kappa shape index (κ3) is 4.11. The van der Waals surface area contributed by atoms with Crippen molar-refractivity contribution in [1.82, 2.24) is 5.32 Å². The molecule has 0 aliphatic carbocycles. The van der Waals surface area contributed by atoms with E-state index in [-0.39, 0.29) is 0 Å². The standard InChI is InChI=1S/C19H19Cl2NO4/c1-10-16(18(23)25-3)14(17(11(2)22-10)19(24)26-4)9-15(21)12-5-7-13(20)8-6-12/h5-9,14,22H,1-4H3/b15-9-. The molecular weight excluding hydrogens is 377 g/mol. The number of halogens is 2. The number of rotatable bonds is 4. The van der Waals surface area contributed by atoms with Gasteiger partial charge in [-0.15, -0.1) is 0 Å². The van der Waals surface area contributed by atoms with Gasteiger partial charge in [0.25, 0.3) is 0 Å². The smallest absolute Gasteiger partial charge is 0.336 e. The molecule has 138 valence electrons. The molecule has 0 saturated heterocycles. The number of carbonyl (C=O) groups is 2. The highest BCUT2D eigenvalue weighted by Gasteiger charge is 2.35. The molecule has 2 rings (SSSR count). The fourth-order valence-corrected chi connectivity index (χ4v) is 3.20. The molecule has 0 saturated carbocycles. The Hall–Kier alpha value is -2.24. The topological polar surface area (TPSA) is 64.6 Å². The monoisotopic (exact) mass is 395 g/mol. The first-order valence-corrected chi connectivity index (χ1v) is 8.54. The summed E-state index contributed by atoms with van der Waals surface area (Å²) in [4.78, 5) is 24.7. The van der Waals surface area contributed by atoms with Crippen LogP contribution in [0.15, 0.2) is 52.9 Å². The number of benzene rings is 1. The van der Waals surface area contributed by atoms with Crippen molar-refractivity contribution < 1.29 is 19.1 Å². The van der Waals surface area contributed by atoms with Crippen LogP contribution in [0.1, 0.15) is 19.4 Å². The fourth-order valence-electron chi connectivity index (χ4n) is 2.83. The molecule has 1 aliphatic rings. The summed E-state index contributed by atoms with van der Waals surface area (Å²) >= 11 is 12.4. The Kier molecular flexibility index (Phi) is 6.51. The van der Waals surface area contributed by atoms with Crippen molar-refractivity contribution in [1.29, 1.82) is 0 Å². The number of nitrogens with one attached hydrogen (secondary N) is 1. The average Bonchev–Trinajstić information content (AvgIpc) is 2.61. The molecule has 0 unspecified atom stereocenters. The zero-order chi connectivity index (χ0) is 19.4. The summed E-state index contributed by atoms with van der Waals surface area (Å²) in [5, 5.41) is 3.98. The summed E-state index contributed by atoms with van der Waals surface area (Å²) in [6.07, 6.45) is 1.64. The van der Waals surface area contributed by atoms with Crippen molar-refractivity contribution in [3.05, 3.63) is 63.5 Å². The molecule has 0 aromatic heterocycles. The Balaban J connectivity index is 2.60. The van der Waals surface area contributed by atoms with Gasteiger partial charge in [0.2, 0.25) is 0 Å². The predicted octanol–water partition coefficient (Wildman–Crippen LogP) is 4.03. The molecule has 26 heavy (non-hydrogen) atoms.